The fourth-order valence-corrected chi connectivity index (χ4v) is 2.65. The number of benzene rings is 1. The lowest BCUT2D eigenvalue weighted by Gasteiger charge is -2.32. The van der Waals surface area contributed by atoms with Crippen LogP contribution in [-0.4, -0.2) is 31.9 Å². The van der Waals surface area contributed by atoms with Gasteiger partial charge in [0, 0.05) is 11.6 Å². The molecule has 1 heterocycles. The van der Waals surface area contributed by atoms with Crippen LogP contribution in [0.4, 0.5) is 4.39 Å². The summed E-state index contributed by atoms with van der Waals surface area (Å²) in [4.78, 5) is 0. The molecular formula is C17H24BClFNO2. The number of nitrogens with one attached hydrogen (secondary N) is 1. The number of rotatable bonds is 4. The van der Waals surface area contributed by atoms with E-state index in [1.807, 2.05) is 40.8 Å². The van der Waals surface area contributed by atoms with Crippen molar-refractivity contribution in [1.29, 1.82) is 0 Å². The van der Waals surface area contributed by atoms with E-state index in [0.717, 1.165) is 5.47 Å². The van der Waals surface area contributed by atoms with E-state index in [4.69, 9.17) is 20.9 Å². The Bertz CT molecular complexity index is 615. The fourth-order valence-electron chi connectivity index (χ4n) is 2.37. The Kier molecular flexibility index (Phi) is 5.26. The molecule has 0 aromatic heterocycles. The van der Waals surface area contributed by atoms with E-state index in [0.29, 0.717) is 22.7 Å². The molecule has 0 spiro atoms. The van der Waals surface area contributed by atoms with Gasteiger partial charge in [-0.25, -0.2) is 4.39 Å². The predicted octanol–water partition coefficient (Wildman–Crippen LogP) is 4.02. The Morgan fingerprint density at radius 3 is 2.35 bits per heavy atom. The predicted molar refractivity (Wildman–Crippen MR) is 94.1 cm³/mol. The molecule has 3 nitrogen and oxygen atoms in total. The smallest absolute Gasteiger partial charge is 0.400 e. The van der Waals surface area contributed by atoms with Crippen LogP contribution in [-0.2, 0) is 9.31 Å². The Hall–Kier alpha value is -0.875. The third kappa shape index (κ3) is 3.79. The van der Waals surface area contributed by atoms with Crippen molar-refractivity contribution < 1.29 is 13.7 Å². The van der Waals surface area contributed by atoms with Crippen LogP contribution in [0.15, 0.2) is 17.6 Å². The van der Waals surface area contributed by atoms with Crippen molar-refractivity contribution in [3.05, 3.63) is 39.6 Å². The highest BCUT2D eigenvalue weighted by Gasteiger charge is 2.52. The van der Waals surface area contributed by atoms with E-state index in [1.54, 1.807) is 13.0 Å². The van der Waals surface area contributed by atoms with Crippen LogP contribution in [0, 0.1) is 12.7 Å². The molecule has 0 radical (unpaired) electrons. The van der Waals surface area contributed by atoms with E-state index >= 15 is 0 Å². The second-order valence-corrected chi connectivity index (χ2v) is 7.37. The van der Waals surface area contributed by atoms with E-state index in [-0.39, 0.29) is 5.82 Å². The van der Waals surface area contributed by atoms with Gasteiger partial charge in [0.15, 0.2) is 0 Å². The first kappa shape index (κ1) is 18.5. The molecule has 0 saturated carbocycles. The number of halogens is 2. The molecule has 1 fully saturated rings. The highest BCUT2D eigenvalue weighted by Crippen LogP contribution is 2.39. The lowest BCUT2D eigenvalue weighted by Crippen LogP contribution is -2.41. The Labute approximate surface area is 143 Å². The van der Waals surface area contributed by atoms with Crippen molar-refractivity contribution in [2.24, 2.45) is 0 Å². The fraction of sp³-hybridized carbons (Fsp3) is 0.529. The quantitative estimate of drug-likeness (QED) is 0.840. The maximum Gasteiger partial charge on any atom is 0.491 e. The first-order chi connectivity index (χ1) is 10.6. The summed E-state index contributed by atoms with van der Waals surface area (Å²) < 4.78 is 26.0. The zero-order chi connectivity index (χ0) is 17.4. The molecule has 6 heteroatoms. The second kappa shape index (κ2) is 6.56. The van der Waals surface area contributed by atoms with E-state index in [2.05, 4.69) is 5.32 Å². The van der Waals surface area contributed by atoms with Gasteiger partial charge in [-0.05, 0) is 70.4 Å². The topological polar surface area (TPSA) is 30.5 Å². The van der Waals surface area contributed by atoms with E-state index in [1.165, 1.54) is 6.07 Å². The molecule has 0 atom stereocenters. The number of likely N-dealkylation sites (N-methyl/N-ethyl adjacent to an activating group) is 1. The minimum Gasteiger partial charge on any atom is -0.400 e. The number of hydrogen-bond acceptors (Lipinski definition) is 3. The van der Waals surface area contributed by atoms with Crippen LogP contribution >= 0.6 is 11.6 Å². The second-order valence-electron chi connectivity index (χ2n) is 6.96. The molecule has 1 saturated heterocycles. The summed E-state index contributed by atoms with van der Waals surface area (Å²) in [5, 5.41) is 3.61. The van der Waals surface area contributed by atoms with Crippen LogP contribution in [0.25, 0.3) is 6.08 Å². The average molecular weight is 340 g/mol. The molecular weight excluding hydrogens is 315 g/mol. The summed E-state index contributed by atoms with van der Waals surface area (Å²) in [6.45, 7) is 10.3. The van der Waals surface area contributed by atoms with Gasteiger partial charge in [-0.15, -0.1) is 0 Å². The highest BCUT2D eigenvalue weighted by molar-refractivity contribution is 6.56. The van der Waals surface area contributed by atoms with Gasteiger partial charge < -0.3 is 14.6 Å². The first-order valence-electron chi connectivity index (χ1n) is 7.74. The van der Waals surface area contributed by atoms with Crippen LogP contribution in [0.3, 0.4) is 0 Å². The maximum absolute atomic E-state index is 13.9. The van der Waals surface area contributed by atoms with Crippen molar-refractivity contribution in [1.82, 2.24) is 5.32 Å². The van der Waals surface area contributed by atoms with Gasteiger partial charge in [0.25, 0.3) is 0 Å². The molecule has 0 unspecified atom stereocenters. The maximum atomic E-state index is 13.9. The minimum absolute atomic E-state index is 0.279. The van der Waals surface area contributed by atoms with Crippen molar-refractivity contribution in [3.8, 4) is 0 Å². The third-order valence-corrected chi connectivity index (χ3v) is 4.88. The highest BCUT2D eigenvalue weighted by atomic mass is 35.5. The zero-order valence-electron chi connectivity index (χ0n) is 14.6. The summed E-state index contributed by atoms with van der Waals surface area (Å²) >= 11 is 6.25. The number of hydrogen-bond donors (Lipinski definition) is 1. The molecule has 1 N–H and O–H groups in total. The zero-order valence-corrected chi connectivity index (χ0v) is 15.3. The summed E-state index contributed by atoms with van der Waals surface area (Å²) in [5.41, 5.74) is 1.17. The largest absolute Gasteiger partial charge is 0.491 e. The molecule has 126 valence electrons. The van der Waals surface area contributed by atoms with Crippen molar-refractivity contribution >= 4 is 24.8 Å². The minimum atomic E-state index is -0.493. The molecule has 1 aliphatic rings. The van der Waals surface area contributed by atoms with Crippen LogP contribution in [0.5, 0.6) is 0 Å². The van der Waals surface area contributed by atoms with Gasteiger partial charge in [-0.3, -0.25) is 0 Å². The molecule has 2 rings (SSSR count). The Morgan fingerprint density at radius 1 is 1.26 bits per heavy atom. The van der Waals surface area contributed by atoms with Gasteiger partial charge >= 0.3 is 7.12 Å². The lowest BCUT2D eigenvalue weighted by molar-refractivity contribution is 0.00578. The van der Waals surface area contributed by atoms with Crippen LogP contribution in [0.1, 0.15) is 38.8 Å². The first-order valence-corrected chi connectivity index (χ1v) is 8.11. The molecule has 0 amide bonds. The lowest BCUT2D eigenvalue weighted by atomic mass is 9.77. The summed E-state index contributed by atoms with van der Waals surface area (Å²) in [6, 6.07) is 3.07. The normalized spacial score (nSPS) is 20.2. The van der Waals surface area contributed by atoms with Crippen molar-refractivity contribution in [2.45, 2.75) is 45.8 Å². The monoisotopic (exact) mass is 339 g/mol. The third-order valence-electron chi connectivity index (χ3n) is 4.56. The van der Waals surface area contributed by atoms with Gasteiger partial charge in [-0.2, -0.15) is 0 Å². The standard InChI is InChI=1S/C17H24BClFNO2/c1-11-7-14(19)12(9-15(11)20)8-13(10-21-6)18-22-16(2,3)17(4,5)23-18/h7-9,21H,10H2,1-6H3. The number of aryl methyl sites for hydroxylation is 1. The van der Waals surface area contributed by atoms with Crippen molar-refractivity contribution in [3.63, 3.8) is 0 Å². The van der Waals surface area contributed by atoms with E-state index < -0.39 is 18.3 Å². The Morgan fingerprint density at radius 2 is 1.83 bits per heavy atom. The summed E-state index contributed by atoms with van der Waals surface area (Å²) in [6.07, 6.45) is 1.84. The molecule has 1 aromatic carbocycles. The van der Waals surface area contributed by atoms with Gasteiger partial charge in [0.05, 0.1) is 11.2 Å². The molecule has 0 bridgehead atoms. The van der Waals surface area contributed by atoms with Gasteiger partial charge in [0.1, 0.15) is 5.82 Å². The molecule has 23 heavy (non-hydrogen) atoms. The molecule has 0 aliphatic carbocycles. The van der Waals surface area contributed by atoms with Crippen molar-refractivity contribution in [2.75, 3.05) is 13.6 Å². The van der Waals surface area contributed by atoms with Gasteiger partial charge in [0.2, 0.25) is 0 Å². The molecule has 1 aliphatic heterocycles. The molecule has 1 aromatic rings. The summed E-state index contributed by atoms with van der Waals surface area (Å²) in [7, 11) is 1.35. The summed E-state index contributed by atoms with van der Waals surface area (Å²) in [5.74, 6) is -0.279. The van der Waals surface area contributed by atoms with Crippen LogP contribution < -0.4 is 5.32 Å². The Balaban J connectivity index is 2.38. The SMILES string of the molecule is CNCC(=Cc1cc(F)c(C)cc1Cl)B1OC(C)(C)C(C)(C)O1. The van der Waals surface area contributed by atoms with Crippen LogP contribution in [0.2, 0.25) is 5.02 Å². The average Bonchev–Trinajstić information content (AvgIpc) is 2.64. The van der Waals surface area contributed by atoms with E-state index in [9.17, 15) is 4.39 Å². The van der Waals surface area contributed by atoms with Gasteiger partial charge in [-0.1, -0.05) is 17.7 Å².